The van der Waals surface area contributed by atoms with E-state index in [0.29, 0.717) is 24.3 Å². The molecule has 0 aromatic heterocycles. The van der Waals surface area contributed by atoms with Crippen molar-refractivity contribution in [2.45, 2.75) is 26.4 Å². The molecule has 0 radical (unpaired) electrons. The normalized spacial score (nSPS) is 18.7. The van der Waals surface area contributed by atoms with E-state index in [4.69, 9.17) is 0 Å². The highest BCUT2D eigenvalue weighted by molar-refractivity contribution is 5.97. The summed E-state index contributed by atoms with van der Waals surface area (Å²) < 4.78 is 41.5. The number of carbonyl (C=O) groups is 1. The number of halogens is 3. The van der Waals surface area contributed by atoms with Gasteiger partial charge in [-0.25, -0.2) is 13.2 Å². The maximum absolute atomic E-state index is 13.8. The largest absolute Gasteiger partial charge is 0.310 e. The molecule has 0 N–H and O–H groups in total. The first kappa shape index (κ1) is 17.5. The molecule has 1 fully saturated rings. The van der Waals surface area contributed by atoms with Crippen molar-refractivity contribution in [3.8, 4) is 0 Å². The van der Waals surface area contributed by atoms with Crippen LogP contribution < -0.4 is 4.90 Å². The fourth-order valence-electron chi connectivity index (χ4n) is 3.02. The minimum absolute atomic E-state index is 0.0154. The average molecular weight is 348 g/mol. The average Bonchev–Trinajstić information content (AvgIpc) is 2.58. The Bertz CT molecular complexity index is 789. The molecule has 1 saturated heterocycles. The Hall–Kier alpha value is -2.34. The van der Waals surface area contributed by atoms with Gasteiger partial charge in [0.2, 0.25) is 5.91 Å². The number of anilines is 1. The van der Waals surface area contributed by atoms with Crippen LogP contribution in [0.4, 0.5) is 18.9 Å². The molecule has 6 heteroatoms. The summed E-state index contributed by atoms with van der Waals surface area (Å²) in [6.45, 7) is 4.14. The van der Waals surface area contributed by atoms with Crippen molar-refractivity contribution >= 4 is 11.6 Å². The summed E-state index contributed by atoms with van der Waals surface area (Å²) >= 11 is 0. The van der Waals surface area contributed by atoms with Gasteiger partial charge in [0.15, 0.2) is 0 Å². The van der Waals surface area contributed by atoms with E-state index in [1.165, 1.54) is 29.2 Å². The molecule has 132 valence electrons. The summed E-state index contributed by atoms with van der Waals surface area (Å²) in [5.41, 5.74) is 0.964. The van der Waals surface area contributed by atoms with E-state index in [2.05, 4.69) is 0 Å². The standard InChI is InChI=1S/C19H19F3N2O/c1-12-6-7-14(10-18(12)22)24-9-8-23(13(2)19(24)25)11-15-16(20)4-3-5-17(15)21/h3-7,10,13H,8-9,11H2,1-2H3. The van der Waals surface area contributed by atoms with Gasteiger partial charge in [0.05, 0.1) is 6.04 Å². The number of rotatable bonds is 3. The summed E-state index contributed by atoms with van der Waals surface area (Å²) in [5.74, 6) is -1.83. The van der Waals surface area contributed by atoms with Crippen LogP contribution in [-0.4, -0.2) is 29.9 Å². The Balaban J connectivity index is 1.78. The van der Waals surface area contributed by atoms with Crippen molar-refractivity contribution in [1.29, 1.82) is 0 Å². The Kier molecular flexibility index (Phi) is 4.81. The van der Waals surface area contributed by atoms with Gasteiger partial charge in [-0.1, -0.05) is 12.1 Å². The van der Waals surface area contributed by atoms with E-state index in [1.54, 1.807) is 30.9 Å². The summed E-state index contributed by atoms with van der Waals surface area (Å²) in [4.78, 5) is 15.9. The fourth-order valence-corrected chi connectivity index (χ4v) is 3.02. The first-order valence-corrected chi connectivity index (χ1v) is 8.13. The molecule has 25 heavy (non-hydrogen) atoms. The van der Waals surface area contributed by atoms with Crippen LogP contribution in [0.5, 0.6) is 0 Å². The summed E-state index contributed by atoms with van der Waals surface area (Å²) in [5, 5.41) is 0. The molecule has 1 aliphatic rings. The zero-order chi connectivity index (χ0) is 18.1. The smallest absolute Gasteiger partial charge is 0.244 e. The lowest BCUT2D eigenvalue weighted by Gasteiger charge is -2.39. The molecule has 1 heterocycles. The molecule has 0 saturated carbocycles. The van der Waals surface area contributed by atoms with Gasteiger partial charge in [-0.3, -0.25) is 9.69 Å². The number of piperazine rings is 1. The number of amides is 1. The molecule has 0 aliphatic carbocycles. The van der Waals surface area contributed by atoms with Crippen molar-refractivity contribution in [3.05, 3.63) is 65.0 Å². The van der Waals surface area contributed by atoms with E-state index in [9.17, 15) is 18.0 Å². The fraction of sp³-hybridized carbons (Fsp3) is 0.316. The van der Waals surface area contributed by atoms with Gasteiger partial charge in [-0.15, -0.1) is 0 Å². The van der Waals surface area contributed by atoms with Crippen LogP contribution in [0.15, 0.2) is 36.4 Å². The highest BCUT2D eigenvalue weighted by atomic mass is 19.1. The molecule has 0 bridgehead atoms. The van der Waals surface area contributed by atoms with Gasteiger partial charge in [-0.05, 0) is 43.7 Å². The molecule has 2 aromatic rings. The topological polar surface area (TPSA) is 23.6 Å². The third-order valence-corrected chi connectivity index (χ3v) is 4.67. The minimum Gasteiger partial charge on any atom is -0.310 e. The summed E-state index contributed by atoms with van der Waals surface area (Å²) in [6.07, 6.45) is 0. The lowest BCUT2D eigenvalue weighted by molar-refractivity contribution is -0.125. The molecule has 1 aliphatic heterocycles. The number of hydrogen-bond acceptors (Lipinski definition) is 2. The quantitative estimate of drug-likeness (QED) is 0.845. The van der Waals surface area contributed by atoms with Crippen LogP contribution in [0.25, 0.3) is 0 Å². The Morgan fingerprint density at radius 2 is 1.72 bits per heavy atom. The number of hydrogen-bond donors (Lipinski definition) is 0. The Morgan fingerprint density at radius 3 is 2.36 bits per heavy atom. The van der Waals surface area contributed by atoms with Crippen LogP contribution in [0.2, 0.25) is 0 Å². The van der Waals surface area contributed by atoms with Crippen LogP contribution in [-0.2, 0) is 11.3 Å². The molecule has 1 atom stereocenters. The number of carbonyl (C=O) groups excluding carboxylic acids is 1. The Labute approximate surface area is 144 Å². The first-order valence-electron chi connectivity index (χ1n) is 8.13. The zero-order valence-electron chi connectivity index (χ0n) is 14.1. The van der Waals surface area contributed by atoms with E-state index in [0.717, 1.165) is 0 Å². The monoisotopic (exact) mass is 348 g/mol. The van der Waals surface area contributed by atoms with E-state index >= 15 is 0 Å². The lowest BCUT2D eigenvalue weighted by atomic mass is 10.1. The van der Waals surface area contributed by atoms with Crippen LogP contribution in [0.1, 0.15) is 18.1 Å². The van der Waals surface area contributed by atoms with E-state index in [-0.39, 0.29) is 23.8 Å². The number of benzene rings is 2. The van der Waals surface area contributed by atoms with Crippen LogP contribution >= 0.6 is 0 Å². The summed E-state index contributed by atoms with van der Waals surface area (Å²) in [6, 6.07) is 7.83. The molecule has 1 amide bonds. The SMILES string of the molecule is Cc1ccc(N2CCN(Cc3c(F)cccc3F)C(C)C2=O)cc1F. The molecule has 2 aromatic carbocycles. The maximum atomic E-state index is 13.8. The second-order valence-electron chi connectivity index (χ2n) is 6.27. The Morgan fingerprint density at radius 1 is 1.04 bits per heavy atom. The van der Waals surface area contributed by atoms with Gasteiger partial charge in [-0.2, -0.15) is 0 Å². The molecular formula is C19H19F3N2O. The van der Waals surface area contributed by atoms with Crippen molar-refractivity contribution in [2.75, 3.05) is 18.0 Å². The second-order valence-corrected chi connectivity index (χ2v) is 6.27. The predicted molar refractivity (Wildman–Crippen MR) is 89.7 cm³/mol. The van der Waals surface area contributed by atoms with Gasteiger partial charge in [0.1, 0.15) is 17.5 Å². The van der Waals surface area contributed by atoms with Crippen LogP contribution in [0, 0.1) is 24.4 Å². The third-order valence-electron chi connectivity index (χ3n) is 4.67. The molecular weight excluding hydrogens is 329 g/mol. The number of nitrogens with zero attached hydrogens (tertiary/aromatic N) is 2. The van der Waals surface area contributed by atoms with Crippen LogP contribution in [0.3, 0.4) is 0 Å². The highest BCUT2D eigenvalue weighted by Crippen LogP contribution is 2.24. The summed E-state index contributed by atoms with van der Waals surface area (Å²) in [7, 11) is 0. The van der Waals surface area contributed by atoms with Gasteiger partial charge in [0.25, 0.3) is 0 Å². The van der Waals surface area contributed by atoms with E-state index in [1.807, 2.05) is 0 Å². The molecule has 1 unspecified atom stereocenters. The number of aryl methyl sites for hydroxylation is 1. The second kappa shape index (κ2) is 6.88. The minimum atomic E-state index is -0.623. The van der Waals surface area contributed by atoms with Gasteiger partial charge >= 0.3 is 0 Å². The highest BCUT2D eigenvalue weighted by Gasteiger charge is 2.33. The molecule has 3 rings (SSSR count). The van der Waals surface area contributed by atoms with E-state index < -0.39 is 17.7 Å². The maximum Gasteiger partial charge on any atom is 0.244 e. The molecule has 0 spiro atoms. The van der Waals surface area contributed by atoms with Gasteiger partial charge < -0.3 is 4.90 Å². The van der Waals surface area contributed by atoms with Crippen molar-refractivity contribution in [1.82, 2.24) is 4.90 Å². The first-order chi connectivity index (χ1) is 11.9. The van der Waals surface area contributed by atoms with Crippen molar-refractivity contribution < 1.29 is 18.0 Å². The third kappa shape index (κ3) is 3.39. The zero-order valence-corrected chi connectivity index (χ0v) is 14.1. The van der Waals surface area contributed by atoms with Crippen molar-refractivity contribution in [2.24, 2.45) is 0 Å². The molecule has 3 nitrogen and oxygen atoms in total. The van der Waals surface area contributed by atoms with Gasteiger partial charge in [0, 0.05) is 30.9 Å². The lowest BCUT2D eigenvalue weighted by Crippen LogP contribution is -2.55. The van der Waals surface area contributed by atoms with Crippen molar-refractivity contribution in [3.63, 3.8) is 0 Å². The predicted octanol–water partition coefficient (Wildman–Crippen LogP) is 3.65.